The standard InChI is InChI=1S/C17H36N2/c1-3-4-5-6-7-8-9-10-15-19(2)17-13-11-16(18)12-14-17/h16-17H,3-15,18H2,1-2H3. The van der Waals surface area contributed by atoms with Crippen molar-refractivity contribution in [2.24, 2.45) is 5.73 Å². The Morgan fingerprint density at radius 2 is 1.37 bits per heavy atom. The van der Waals surface area contributed by atoms with Crippen molar-refractivity contribution in [1.29, 1.82) is 0 Å². The van der Waals surface area contributed by atoms with Crippen molar-refractivity contribution in [2.75, 3.05) is 13.6 Å². The smallest absolute Gasteiger partial charge is 0.00933 e. The highest BCUT2D eigenvalue weighted by atomic mass is 15.1. The molecule has 0 aromatic rings. The molecule has 1 aliphatic rings. The van der Waals surface area contributed by atoms with Crippen LogP contribution in [0.5, 0.6) is 0 Å². The van der Waals surface area contributed by atoms with E-state index in [0.29, 0.717) is 6.04 Å². The first-order valence-electron chi connectivity index (χ1n) is 8.70. The molecule has 19 heavy (non-hydrogen) atoms. The van der Waals surface area contributed by atoms with Gasteiger partial charge in [0.25, 0.3) is 0 Å². The molecule has 0 heterocycles. The summed E-state index contributed by atoms with van der Waals surface area (Å²) in [5.74, 6) is 0. The van der Waals surface area contributed by atoms with Crippen LogP contribution in [-0.4, -0.2) is 30.6 Å². The first-order valence-corrected chi connectivity index (χ1v) is 8.70. The molecule has 1 saturated carbocycles. The van der Waals surface area contributed by atoms with Gasteiger partial charge in [0, 0.05) is 12.1 Å². The fourth-order valence-corrected chi connectivity index (χ4v) is 3.22. The molecule has 0 aliphatic heterocycles. The minimum absolute atomic E-state index is 0.479. The normalized spacial score (nSPS) is 24.0. The largest absolute Gasteiger partial charge is 0.328 e. The number of hydrogen-bond acceptors (Lipinski definition) is 2. The lowest BCUT2D eigenvalue weighted by molar-refractivity contribution is 0.180. The van der Waals surface area contributed by atoms with Crippen molar-refractivity contribution in [3.63, 3.8) is 0 Å². The van der Waals surface area contributed by atoms with Gasteiger partial charge in [-0.25, -0.2) is 0 Å². The highest BCUT2D eigenvalue weighted by Crippen LogP contribution is 2.21. The Labute approximate surface area is 121 Å². The Kier molecular flexibility index (Phi) is 9.54. The maximum absolute atomic E-state index is 5.97. The van der Waals surface area contributed by atoms with Gasteiger partial charge < -0.3 is 10.6 Å². The number of hydrogen-bond donors (Lipinski definition) is 1. The Morgan fingerprint density at radius 1 is 0.842 bits per heavy atom. The first kappa shape index (κ1) is 17.0. The van der Waals surface area contributed by atoms with Gasteiger partial charge in [0.15, 0.2) is 0 Å². The summed E-state index contributed by atoms with van der Waals surface area (Å²) >= 11 is 0. The third kappa shape index (κ3) is 7.94. The van der Waals surface area contributed by atoms with Crippen LogP contribution in [0, 0.1) is 0 Å². The molecule has 0 aromatic heterocycles. The van der Waals surface area contributed by atoms with E-state index >= 15 is 0 Å². The summed E-state index contributed by atoms with van der Waals surface area (Å²) in [5, 5.41) is 0. The van der Waals surface area contributed by atoms with E-state index in [1.807, 2.05) is 0 Å². The fourth-order valence-electron chi connectivity index (χ4n) is 3.22. The first-order chi connectivity index (χ1) is 9.24. The van der Waals surface area contributed by atoms with E-state index in [2.05, 4.69) is 18.9 Å². The fraction of sp³-hybridized carbons (Fsp3) is 1.00. The molecule has 0 bridgehead atoms. The van der Waals surface area contributed by atoms with Crippen LogP contribution in [0.3, 0.4) is 0 Å². The quantitative estimate of drug-likeness (QED) is 0.598. The van der Waals surface area contributed by atoms with Crippen LogP contribution < -0.4 is 5.73 Å². The Balaban J connectivity index is 1.91. The summed E-state index contributed by atoms with van der Waals surface area (Å²) in [6.45, 7) is 3.57. The van der Waals surface area contributed by atoms with E-state index in [1.54, 1.807) is 0 Å². The molecule has 2 nitrogen and oxygen atoms in total. The van der Waals surface area contributed by atoms with Crippen molar-refractivity contribution in [1.82, 2.24) is 4.90 Å². The average Bonchev–Trinajstić information content (AvgIpc) is 2.42. The Morgan fingerprint density at radius 3 is 1.95 bits per heavy atom. The van der Waals surface area contributed by atoms with Crippen molar-refractivity contribution >= 4 is 0 Å². The van der Waals surface area contributed by atoms with Crippen molar-refractivity contribution in [2.45, 2.75) is 96.1 Å². The topological polar surface area (TPSA) is 29.3 Å². The van der Waals surface area contributed by atoms with Gasteiger partial charge in [0.2, 0.25) is 0 Å². The molecule has 0 atom stereocenters. The molecule has 0 radical (unpaired) electrons. The van der Waals surface area contributed by atoms with Gasteiger partial charge in [-0.2, -0.15) is 0 Å². The summed E-state index contributed by atoms with van der Waals surface area (Å²) in [6, 6.07) is 1.29. The Bertz CT molecular complexity index is 197. The second-order valence-corrected chi connectivity index (χ2v) is 6.52. The second kappa shape index (κ2) is 10.7. The monoisotopic (exact) mass is 268 g/mol. The zero-order valence-electron chi connectivity index (χ0n) is 13.4. The van der Waals surface area contributed by atoms with Gasteiger partial charge in [0.1, 0.15) is 0 Å². The van der Waals surface area contributed by atoms with E-state index in [-0.39, 0.29) is 0 Å². The van der Waals surface area contributed by atoms with Crippen LogP contribution in [0.15, 0.2) is 0 Å². The third-order valence-electron chi connectivity index (χ3n) is 4.73. The molecule has 0 aromatic carbocycles. The molecule has 2 heteroatoms. The summed E-state index contributed by atoms with van der Waals surface area (Å²) in [6.07, 6.45) is 16.4. The van der Waals surface area contributed by atoms with E-state index in [4.69, 9.17) is 5.73 Å². The summed E-state index contributed by atoms with van der Waals surface area (Å²) in [7, 11) is 2.31. The maximum Gasteiger partial charge on any atom is 0.00933 e. The number of nitrogens with two attached hydrogens (primary N) is 1. The highest BCUT2D eigenvalue weighted by Gasteiger charge is 2.21. The second-order valence-electron chi connectivity index (χ2n) is 6.52. The maximum atomic E-state index is 5.97. The molecule has 1 rings (SSSR count). The van der Waals surface area contributed by atoms with Gasteiger partial charge in [0.05, 0.1) is 0 Å². The van der Waals surface area contributed by atoms with Gasteiger partial charge in [-0.1, -0.05) is 51.9 Å². The molecule has 0 spiro atoms. The van der Waals surface area contributed by atoms with Crippen molar-refractivity contribution in [3.8, 4) is 0 Å². The van der Waals surface area contributed by atoms with Gasteiger partial charge in [-0.05, 0) is 45.7 Å². The molecule has 1 fully saturated rings. The van der Waals surface area contributed by atoms with E-state index in [1.165, 1.54) is 83.6 Å². The molecule has 1 aliphatic carbocycles. The van der Waals surface area contributed by atoms with E-state index in [0.717, 1.165) is 6.04 Å². The lowest BCUT2D eigenvalue weighted by Crippen LogP contribution is -2.39. The summed E-state index contributed by atoms with van der Waals surface area (Å²) < 4.78 is 0. The van der Waals surface area contributed by atoms with E-state index < -0.39 is 0 Å². The van der Waals surface area contributed by atoms with Crippen molar-refractivity contribution < 1.29 is 0 Å². The molecule has 0 unspecified atom stereocenters. The Hall–Kier alpha value is -0.0800. The highest BCUT2D eigenvalue weighted by molar-refractivity contribution is 4.79. The lowest BCUT2D eigenvalue weighted by Gasteiger charge is -2.33. The minimum atomic E-state index is 0.479. The zero-order valence-corrected chi connectivity index (χ0v) is 13.4. The lowest BCUT2D eigenvalue weighted by atomic mass is 9.91. The van der Waals surface area contributed by atoms with Crippen LogP contribution in [0.1, 0.15) is 84.0 Å². The molecule has 0 amide bonds. The number of nitrogens with zero attached hydrogens (tertiary/aromatic N) is 1. The summed E-state index contributed by atoms with van der Waals surface area (Å²) in [5.41, 5.74) is 5.97. The summed E-state index contributed by atoms with van der Waals surface area (Å²) in [4.78, 5) is 2.59. The van der Waals surface area contributed by atoms with Crippen molar-refractivity contribution in [3.05, 3.63) is 0 Å². The van der Waals surface area contributed by atoms with E-state index in [9.17, 15) is 0 Å². The third-order valence-corrected chi connectivity index (χ3v) is 4.73. The van der Waals surface area contributed by atoms with Gasteiger partial charge >= 0.3 is 0 Å². The zero-order chi connectivity index (χ0) is 13.9. The predicted molar refractivity (Wildman–Crippen MR) is 85.5 cm³/mol. The van der Waals surface area contributed by atoms with Crippen LogP contribution in [0.4, 0.5) is 0 Å². The van der Waals surface area contributed by atoms with Crippen LogP contribution >= 0.6 is 0 Å². The molecular weight excluding hydrogens is 232 g/mol. The van der Waals surface area contributed by atoms with Crippen LogP contribution in [0.2, 0.25) is 0 Å². The number of unbranched alkanes of at least 4 members (excludes halogenated alkanes) is 7. The average molecular weight is 268 g/mol. The van der Waals surface area contributed by atoms with Crippen LogP contribution in [-0.2, 0) is 0 Å². The minimum Gasteiger partial charge on any atom is -0.328 e. The molecule has 0 saturated heterocycles. The molecular formula is C17H36N2. The van der Waals surface area contributed by atoms with Gasteiger partial charge in [-0.15, -0.1) is 0 Å². The van der Waals surface area contributed by atoms with Crippen LogP contribution in [0.25, 0.3) is 0 Å². The van der Waals surface area contributed by atoms with Gasteiger partial charge in [-0.3, -0.25) is 0 Å². The molecule has 114 valence electrons. The number of rotatable bonds is 10. The SMILES string of the molecule is CCCCCCCCCCN(C)C1CCC(N)CC1. The molecule has 2 N–H and O–H groups in total. The predicted octanol–water partition coefficient (Wildman–Crippen LogP) is 4.33.